The highest BCUT2D eigenvalue weighted by Gasteiger charge is 2.13. The lowest BCUT2D eigenvalue weighted by Crippen LogP contribution is -2.25. The summed E-state index contributed by atoms with van der Waals surface area (Å²) in [4.78, 5) is 0. The summed E-state index contributed by atoms with van der Waals surface area (Å²) in [6, 6.07) is 0.571. The molecule has 0 aromatic carbocycles. The van der Waals surface area contributed by atoms with Crippen molar-refractivity contribution < 1.29 is 0 Å². The molecule has 1 rings (SSSR count). The zero-order chi connectivity index (χ0) is 11.1. The van der Waals surface area contributed by atoms with E-state index in [9.17, 15) is 0 Å². The first kappa shape index (κ1) is 13.1. The van der Waals surface area contributed by atoms with Gasteiger partial charge in [-0.2, -0.15) is 11.8 Å². The summed E-state index contributed by atoms with van der Waals surface area (Å²) >= 11 is 2.12. The number of nitrogens with one attached hydrogen (secondary N) is 1. The smallest absolute Gasteiger partial charge is 0.0172 e. The molecule has 2 heteroatoms. The molecule has 0 saturated heterocycles. The fourth-order valence-electron chi connectivity index (χ4n) is 1.87. The minimum Gasteiger partial charge on any atom is -0.311 e. The third kappa shape index (κ3) is 6.26. The van der Waals surface area contributed by atoms with Gasteiger partial charge in [-0.25, -0.2) is 0 Å². The molecule has 0 bridgehead atoms. The predicted molar refractivity (Wildman–Crippen MR) is 71.6 cm³/mol. The van der Waals surface area contributed by atoms with Crippen molar-refractivity contribution in [1.82, 2.24) is 5.32 Å². The van der Waals surface area contributed by atoms with Crippen LogP contribution in [0.3, 0.4) is 0 Å². The van der Waals surface area contributed by atoms with E-state index in [0.717, 1.165) is 17.5 Å². The van der Waals surface area contributed by atoms with Gasteiger partial charge in [0.2, 0.25) is 0 Å². The fraction of sp³-hybridized carbons (Fsp3) is 0.846. The summed E-state index contributed by atoms with van der Waals surface area (Å²) in [6.45, 7) is 9.48. The Kier molecular flexibility index (Phi) is 6.42. The molecule has 1 aliphatic rings. The number of hydrogen-bond acceptors (Lipinski definition) is 2. The Morgan fingerprint density at radius 3 is 2.60 bits per heavy atom. The van der Waals surface area contributed by atoms with Crippen LogP contribution in [0.25, 0.3) is 0 Å². The van der Waals surface area contributed by atoms with E-state index in [0.29, 0.717) is 6.04 Å². The van der Waals surface area contributed by atoms with E-state index in [1.165, 1.54) is 37.7 Å². The van der Waals surface area contributed by atoms with Crippen molar-refractivity contribution in [2.24, 2.45) is 0 Å². The average Bonchev–Trinajstić information content (AvgIpc) is 2.25. The number of thioether (sulfide) groups is 1. The summed E-state index contributed by atoms with van der Waals surface area (Å²) in [6.07, 6.45) is 7.18. The van der Waals surface area contributed by atoms with Crippen LogP contribution in [-0.4, -0.2) is 23.6 Å². The normalized spacial score (nSPS) is 18.3. The lowest BCUT2D eigenvalue weighted by Gasteiger charge is -2.21. The summed E-state index contributed by atoms with van der Waals surface area (Å²) in [5.41, 5.74) is 1.35. The second kappa shape index (κ2) is 7.34. The van der Waals surface area contributed by atoms with Crippen molar-refractivity contribution in [3.05, 3.63) is 12.2 Å². The third-order valence-electron chi connectivity index (χ3n) is 2.84. The van der Waals surface area contributed by atoms with Crippen LogP contribution in [-0.2, 0) is 0 Å². The Morgan fingerprint density at radius 2 is 2.00 bits per heavy atom. The van der Waals surface area contributed by atoms with E-state index >= 15 is 0 Å². The Labute approximate surface area is 99.1 Å². The highest BCUT2D eigenvalue weighted by atomic mass is 32.2. The molecule has 1 N–H and O–H groups in total. The van der Waals surface area contributed by atoms with Crippen molar-refractivity contribution in [1.29, 1.82) is 0 Å². The molecule has 0 aliphatic heterocycles. The maximum absolute atomic E-state index is 4.13. The first-order valence-corrected chi connectivity index (χ1v) is 7.25. The third-order valence-corrected chi connectivity index (χ3v) is 4.35. The summed E-state index contributed by atoms with van der Waals surface area (Å²) < 4.78 is 0. The van der Waals surface area contributed by atoms with Crippen LogP contribution < -0.4 is 5.32 Å². The van der Waals surface area contributed by atoms with Gasteiger partial charge >= 0.3 is 0 Å². The van der Waals surface area contributed by atoms with Crippen LogP contribution in [0, 0.1) is 0 Å². The van der Waals surface area contributed by atoms with Gasteiger partial charge in [0.1, 0.15) is 0 Å². The van der Waals surface area contributed by atoms with E-state index in [1.54, 1.807) is 0 Å². The Hall–Kier alpha value is 0.0500. The van der Waals surface area contributed by atoms with Crippen LogP contribution in [0.4, 0.5) is 0 Å². The topological polar surface area (TPSA) is 12.0 Å². The molecule has 1 aliphatic carbocycles. The molecule has 1 fully saturated rings. The van der Waals surface area contributed by atoms with Crippen LogP contribution in [0.2, 0.25) is 0 Å². The van der Waals surface area contributed by atoms with E-state index < -0.39 is 0 Å². The van der Waals surface area contributed by atoms with Crippen molar-refractivity contribution in [2.75, 3.05) is 12.3 Å². The monoisotopic (exact) mass is 227 g/mol. The molecule has 0 spiro atoms. The molecular weight excluding hydrogens is 202 g/mol. The summed E-state index contributed by atoms with van der Waals surface area (Å²) in [7, 11) is 0. The number of rotatable bonds is 6. The first-order chi connectivity index (χ1) is 7.18. The van der Waals surface area contributed by atoms with Gasteiger partial charge in [-0.05, 0) is 12.8 Å². The minimum absolute atomic E-state index is 0.571. The standard InChI is InChI=1S/C13H25NS/c1-11(2)14-9-12(3)10-15-13-7-5-4-6-8-13/h11,13-14H,3-10H2,1-2H3. The van der Waals surface area contributed by atoms with E-state index in [4.69, 9.17) is 0 Å². The van der Waals surface area contributed by atoms with Crippen molar-refractivity contribution in [3.8, 4) is 0 Å². The highest BCUT2D eigenvalue weighted by Crippen LogP contribution is 2.28. The lowest BCUT2D eigenvalue weighted by molar-refractivity contribution is 0.516. The molecule has 1 nitrogen and oxygen atoms in total. The Bertz CT molecular complexity index is 183. The molecule has 0 radical (unpaired) electrons. The van der Waals surface area contributed by atoms with E-state index in [2.05, 4.69) is 37.5 Å². The highest BCUT2D eigenvalue weighted by molar-refractivity contribution is 8.00. The largest absolute Gasteiger partial charge is 0.311 e. The predicted octanol–water partition coefficient (Wildman–Crippen LogP) is 3.61. The van der Waals surface area contributed by atoms with Crippen molar-refractivity contribution in [2.45, 2.75) is 57.2 Å². The average molecular weight is 227 g/mol. The summed E-state index contributed by atoms with van der Waals surface area (Å²) in [5, 5.41) is 4.33. The van der Waals surface area contributed by atoms with Gasteiger partial charge in [0.25, 0.3) is 0 Å². The van der Waals surface area contributed by atoms with Gasteiger partial charge in [-0.1, -0.05) is 45.3 Å². The molecule has 88 valence electrons. The SMILES string of the molecule is C=C(CNC(C)C)CSC1CCCCC1. The van der Waals surface area contributed by atoms with Gasteiger partial charge < -0.3 is 5.32 Å². The molecule has 0 aromatic rings. The lowest BCUT2D eigenvalue weighted by atomic mass is 10.0. The second-order valence-corrected chi connectivity index (χ2v) is 6.15. The van der Waals surface area contributed by atoms with Crippen LogP contribution in [0.15, 0.2) is 12.2 Å². The molecule has 1 saturated carbocycles. The molecule has 0 atom stereocenters. The molecule has 0 aromatic heterocycles. The molecule has 0 unspecified atom stereocenters. The zero-order valence-electron chi connectivity index (χ0n) is 10.2. The van der Waals surface area contributed by atoms with E-state index in [1.807, 2.05) is 0 Å². The van der Waals surface area contributed by atoms with Crippen LogP contribution in [0.5, 0.6) is 0 Å². The molecule has 0 amide bonds. The molecular formula is C13H25NS. The molecule has 0 heterocycles. The van der Waals surface area contributed by atoms with Gasteiger partial charge in [0, 0.05) is 23.6 Å². The quantitative estimate of drug-likeness (QED) is 0.696. The Balaban J connectivity index is 2.05. The summed E-state index contributed by atoms with van der Waals surface area (Å²) in [5.74, 6) is 1.14. The van der Waals surface area contributed by atoms with Gasteiger partial charge in [-0.15, -0.1) is 0 Å². The first-order valence-electron chi connectivity index (χ1n) is 6.20. The van der Waals surface area contributed by atoms with Crippen molar-refractivity contribution in [3.63, 3.8) is 0 Å². The Morgan fingerprint density at radius 1 is 1.33 bits per heavy atom. The van der Waals surface area contributed by atoms with E-state index in [-0.39, 0.29) is 0 Å². The fourth-order valence-corrected chi connectivity index (χ4v) is 3.11. The van der Waals surface area contributed by atoms with Gasteiger partial charge in [0.15, 0.2) is 0 Å². The zero-order valence-corrected chi connectivity index (χ0v) is 11.0. The molecule has 15 heavy (non-hydrogen) atoms. The van der Waals surface area contributed by atoms with Crippen LogP contribution in [0.1, 0.15) is 46.0 Å². The van der Waals surface area contributed by atoms with Crippen LogP contribution >= 0.6 is 11.8 Å². The maximum Gasteiger partial charge on any atom is 0.0172 e. The maximum atomic E-state index is 4.13. The number of hydrogen-bond donors (Lipinski definition) is 1. The van der Waals surface area contributed by atoms with Gasteiger partial charge in [-0.3, -0.25) is 0 Å². The minimum atomic E-state index is 0.571. The van der Waals surface area contributed by atoms with Gasteiger partial charge in [0.05, 0.1) is 0 Å². The second-order valence-electron chi connectivity index (χ2n) is 4.86. The van der Waals surface area contributed by atoms with Crippen molar-refractivity contribution >= 4 is 11.8 Å².